The van der Waals surface area contributed by atoms with Crippen LogP contribution in [0.15, 0.2) is 42.5 Å². The third kappa shape index (κ3) is 1.94. The van der Waals surface area contributed by atoms with Gasteiger partial charge < -0.3 is 9.72 Å². The zero-order chi connectivity index (χ0) is 13.4. The minimum absolute atomic E-state index is 0.671. The number of methoxy groups -OCH3 is 1. The molecule has 3 aromatic rings. The Bertz CT molecular complexity index is 801. The summed E-state index contributed by atoms with van der Waals surface area (Å²) in [5, 5.41) is 0. The number of aromatic amines is 1. The van der Waals surface area contributed by atoms with E-state index in [9.17, 15) is 0 Å². The van der Waals surface area contributed by atoms with Gasteiger partial charge >= 0.3 is 0 Å². The molecule has 0 amide bonds. The second-order valence-corrected chi connectivity index (χ2v) is 4.84. The second kappa shape index (κ2) is 4.55. The van der Waals surface area contributed by atoms with Crippen LogP contribution >= 0.6 is 12.2 Å². The van der Waals surface area contributed by atoms with Gasteiger partial charge in [0.05, 0.1) is 23.8 Å². The summed E-state index contributed by atoms with van der Waals surface area (Å²) in [5.74, 6) is 0.806. The number of hydrogen-bond donors (Lipinski definition) is 1. The lowest BCUT2D eigenvalue weighted by Gasteiger charge is -2.09. The molecule has 0 aliphatic carbocycles. The van der Waals surface area contributed by atoms with Crippen LogP contribution in [0.1, 0.15) is 5.56 Å². The maximum Gasteiger partial charge on any atom is 0.182 e. The van der Waals surface area contributed by atoms with Crippen molar-refractivity contribution in [2.75, 3.05) is 7.11 Å². The van der Waals surface area contributed by atoms with Crippen LogP contribution in [0.5, 0.6) is 5.75 Å². The molecule has 3 nitrogen and oxygen atoms in total. The SMILES string of the molecule is COc1ccccc1-n1c(=S)[nH]c2cc(C)ccc21. The van der Waals surface area contributed by atoms with Crippen molar-refractivity contribution in [2.24, 2.45) is 0 Å². The molecular weight excluding hydrogens is 256 g/mol. The summed E-state index contributed by atoms with van der Waals surface area (Å²) >= 11 is 5.44. The van der Waals surface area contributed by atoms with Crippen molar-refractivity contribution in [1.82, 2.24) is 9.55 Å². The predicted octanol–water partition coefficient (Wildman–Crippen LogP) is 4.01. The van der Waals surface area contributed by atoms with Gasteiger partial charge in [0.2, 0.25) is 0 Å². The zero-order valence-corrected chi connectivity index (χ0v) is 11.6. The first-order valence-corrected chi connectivity index (χ1v) is 6.46. The maximum atomic E-state index is 5.44. The number of imidazole rings is 1. The van der Waals surface area contributed by atoms with Gasteiger partial charge in [0.15, 0.2) is 4.77 Å². The van der Waals surface area contributed by atoms with E-state index in [1.54, 1.807) is 7.11 Å². The van der Waals surface area contributed by atoms with Gasteiger partial charge in [-0.15, -0.1) is 0 Å². The van der Waals surface area contributed by atoms with Crippen LogP contribution in [0.4, 0.5) is 0 Å². The number of nitrogens with zero attached hydrogens (tertiary/aromatic N) is 1. The van der Waals surface area contributed by atoms with Crippen LogP contribution in [-0.2, 0) is 0 Å². The Labute approximate surface area is 116 Å². The Hall–Kier alpha value is -2.07. The fourth-order valence-electron chi connectivity index (χ4n) is 2.28. The van der Waals surface area contributed by atoms with E-state index in [1.807, 2.05) is 28.8 Å². The van der Waals surface area contributed by atoms with Crippen molar-refractivity contribution in [3.8, 4) is 11.4 Å². The summed E-state index contributed by atoms with van der Waals surface area (Å²) in [4.78, 5) is 3.24. The van der Waals surface area contributed by atoms with Gasteiger partial charge in [0.1, 0.15) is 5.75 Å². The van der Waals surface area contributed by atoms with Crippen molar-refractivity contribution < 1.29 is 4.74 Å². The number of nitrogens with one attached hydrogen (secondary N) is 1. The van der Waals surface area contributed by atoms with E-state index in [1.165, 1.54) is 5.56 Å². The predicted molar refractivity (Wildman–Crippen MR) is 79.7 cm³/mol. The quantitative estimate of drug-likeness (QED) is 0.713. The first-order valence-electron chi connectivity index (χ1n) is 6.05. The van der Waals surface area contributed by atoms with Crippen LogP contribution in [0.3, 0.4) is 0 Å². The van der Waals surface area contributed by atoms with E-state index in [2.05, 4.69) is 30.1 Å². The second-order valence-electron chi connectivity index (χ2n) is 4.46. The fraction of sp³-hybridized carbons (Fsp3) is 0.133. The number of para-hydroxylation sites is 2. The third-order valence-electron chi connectivity index (χ3n) is 3.16. The molecule has 0 bridgehead atoms. The molecule has 19 heavy (non-hydrogen) atoms. The standard InChI is InChI=1S/C15H14N2OS/c1-10-7-8-12-11(9-10)16-15(19)17(12)13-5-3-4-6-14(13)18-2/h3-9H,1-2H3,(H,16,19). The Morgan fingerprint density at radius 3 is 2.74 bits per heavy atom. The molecule has 1 heterocycles. The van der Waals surface area contributed by atoms with Gasteiger partial charge in [-0.3, -0.25) is 4.57 Å². The lowest BCUT2D eigenvalue weighted by molar-refractivity contribution is 0.413. The highest BCUT2D eigenvalue weighted by atomic mass is 32.1. The highest BCUT2D eigenvalue weighted by Crippen LogP contribution is 2.27. The highest BCUT2D eigenvalue weighted by molar-refractivity contribution is 7.71. The van der Waals surface area contributed by atoms with Gasteiger partial charge in [-0.05, 0) is 49.0 Å². The average molecular weight is 270 g/mol. The molecule has 0 radical (unpaired) electrons. The Balaban J connectivity index is 2.36. The van der Waals surface area contributed by atoms with E-state index in [0.717, 1.165) is 22.5 Å². The molecule has 0 aliphatic heterocycles. The lowest BCUT2D eigenvalue weighted by atomic mass is 10.2. The number of fused-ring (bicyclic) bond motifs is 1. The van der Waals surface area contributed by atoms with Crippen LogP contribution in [-0.4, -0.2) is 16.7 Å². The van der Waals surface area contributed by atoms with Crippen LogP contribution in [0.2, 0.25) is 0 Å². The van der Waals surface area contributed by atoms with E-state index >= 15 is 0 Å². The summed E-state index contributed by atoms with van der Waals surface area (Å²) in [6, 6.07) is 14.1. The number of hydrogen-bond acceptors (Lipinski definition) is 2. The Morgan fingerprint density at radius 2 is 1.95 bits per heavy atom. The molecule has 2 aromatic carbocycles. The van der Waals surface area contributed by atoms with Crippen molar-refractivity contribution in [1.29, 1.82) is 0 Å². The van der Waals surface area contributed by atoms with E-state index in [-0.39, 0.29) is 0 Å². The largest absolute Gasteiger partial charge is 0.495 e. The molecule has 3 rings (SSSR count). The molecule has 0 fully saturated rings. The monoisotopic (exact) mass is 270 g/mol. The van der Waals surface area contributed by atoms with Gasteiger partial charge in [0.25, 0.3) is 0 Å². The van der Waals surface area contributed by atoms with Crippen LogP contribution in [0.25, 0.3) is 16.7 Å². The van der Waals surface area contributed by atoms with Gasteiger partial charge in [-0.1, -0.05) is 18.2 Å². The summed E-state index contributed by atoms with van der Waals surface area (Å²) in [6.07, 6.45) is 0. The minimum atomic E-state index is 0.671. The molecule has 4 heteroatoms. The summed E-state index contributed by atoms with van der Waals surface area (Å²) in [5.41, 5.74) is 4.25. The number of ether oxygens (including phenoxy) is 1. The van der Waals surface area contributed by atoms with E-state index in [4.69, 9.17) is 17.0 Å². The number of benzene rings is 2. The van der Waals surface area contributed by atoms with Crippen molar-refractivity contribution in [2.45, 2.75) is 6.92 Å². The third-order valence-corrected chi connectivity index (χ3v) is 3.45. The molecule has 0 saturated carbocycles. The number of rotatable bonds is 2. The van der Waals surface area contributed by atoms with Gasteiger partial charge in [0, 0.05) is 0 Å². The fourth-order valence-corrected chi connectivity index (χ4v) is 2.59. The highest BCUT2D eigenvalue weighted by Gasteiger charge is 2.10. The molecule has 96 valence electrons. The molecule has 1 N–H and O–H groups in total. The smallest absolute Gasteiger partial charge is 0.182 e. The number of H-pyrrole nitrogens is 1. The first kappa shape index (κ1) is 12.0. The normalized spacial score (nSPS) is 10.8. The summed E-state index contributed by atoms with van der Waals surface area (Å²) in [7, 11) is 1.67. The summed E-state index contributed by atoms with van der Waals surface area (Å²) < 4.78 is 8.09. The van der Waals surface area contributed by atoms with Crippen LogP contribution < -0.4 is 4.74 Å². The summed E-state index contributed by atoms with van der Waals surface area (Å²) in [6.45, 7) is 2.07. The molecule has 0 saturated heterocycles. The number of aryl methyl sites for hydroxylation is 1. The Morgan fingerprint density at radius 1 is 1.16 bits per heavy atom. The number of aromatic nitrogens is 2. The van der Waals surface area contributed by atoms with Crippen molar-refractivity contribution >= 4 is 23.3 Å². The molecule has 0 spiro atoms. The maximum absolute atomic E-state index is 5.44. The Kier molecular flexibility index (Phi) is 2.87. The molecule has 0 unspecified atom stereocenters. The minimum Gasteiger partial charge on any atom is -0.495 e. The molecule has 1 aromatic heterocycles. The molecule has 0 aliphatic rings. The zero-order valence-electron chi connectivity index (χ0n) is 10.8. The molecular formula is C15H14N2OS. The van der Waals surface area contributed by atoms with E-state index in [0.29, 0.717) is 4.77 Å². The molecule has 0 atom stereocenters. The topological polar surface area (TPSA) is 29.9 Å². The van der Waals surface area contributed by atoms with Gasteiger partial charge in [-0.2, -0.15) is 0 Å². The van der Waals surface area contributed by atoms with Gasteiger partial charge in [-0.25, -0.2) is 0 Å². The van der Waals surface area contributed by atoms with Crippen molar-refractivity contribution in [3.05, 3.63) is 52.8 Å². The average Bonchev–Trinajstić information content (AvgIpc) is 2.73. The first-order chi connectivity index (χ1) is 9.20. The van der Waals surface area contributed by atoms with Crippen molar-refractivity contribution in [3.63, 3.8) is 0 Å². The van der Waals surface area contributed by atoms with E-state index < -0.39 is 0 Å². The van der Waals surface area contributed by atoms with Crippen LogP contribution in [0, 0.1) is 11.7 Å². The lowest BCUT2D eigenvalue weighted by Crippen LogP contribution is -1.97.